The van der Waals surface area contributed by atoms with Crippen LogP contribution in [0.1, 0.15) is 5.56 Å². The molecule has 102 valence electrons. The summed E-state index contributed by atoms with van der Waals surface area (Å²) in [5.74, 6) is -1.66. The Labute approximate surface area is 125 Å². The SMILES string of the molecule is CSc1nc(-c2cc(F)cc(F)c2Br)c(C#N)c(=O)[nH]1. The van der Waals surface area contributed by atoms with Crippen molar-refractivity contribution >= 4 is 27.7 Å². The normalized spacial score (nSPS) is 10.3. The van der Waals surface area contributed by atoms with Gasteiger partial charge in [-0.25, -0.2) is 13.8 Å². The largest absolute Gasteiger partial charge is 0.300 e. The number of thioether (sulfide) groups is 1. The monoisotopic (exact) mass is 357 g/mol. The third kappa shape index (κ3) is 2.59. The number of aromatic amines is 1. The van der Waals surface area contributed by atoms with Crippen molar-refractivity contribution in [1.82, 2.24) is 9.97 Å². The highest BCUT2D eigenvalue weighted by Gasteiger charge is 2.18. The Balaban J connectivity index is 2.85. The molecule has 0 spiro atoms. The Kier molecular flexibility index (Phi) is 4.20. The molecule has 0 saturated carbocycles. The average Bonchev–Trinajstić information content (AvgIpc) is 2.41. The van der Waals surface area contributed by atoms with Gasteiger partial charge in [0.15, 0.2) is 5.16 Å². The van der Waals surface area contributed by atoms with Gasteiger partial charge in [0.25, 0.3) is 5.56 Å². The molecule has 1 aromatic heterocycles. The molecule has 0 fully saturated rings. The van der Waals surface area contributed by atoms with E-state index in [4.69, 9.17) is 5.26 Å². The van der Waals surface area contributed by atoms with Crippen LogP contribution >= 0.6 is 27.7 Å². The highest BCUT2D eigenvalue weighted by molar-refractivity contribution is 9.10. The van der Waals surface area contributed by atoms with E-state index in [9.17, 15) is 13.6 Å². The lowest BCUT2D eigenvalue weighted by atomic mass is 10.1. The number of halogens is 3. The summed E-state index contributed by atoms with van der Waals surface area (Å²) in [6.45, 7) is 0. The molecule has 0 unspecified atom stereocenters. The third-order valence-corrected chi connectivity index (χ3v) is 3.84. The number of nitriles is 1. The van der Waals surface area contributed by atoms with Crippen LogP contribution in [0.2, 0.25) is 0 Å². The van der Waals surface area contributed by atoms with Crippen molar-refractivity contribution in [1.29, 1.82) is 5.26 Å². The minimum Gasteiger partial charge on any atom is -0.300 e. The highest BCUT2D eigenvalue weighted by atomic mass is 79.9. The predicted octanol–water partition coefficient (Wildman–Crippen LogP) is 3.07. The van der Waals surface area contributed by atoms with Gasteiger partial charge in [0.1, 0.15) is 23.3 Å². The van der Waals surface area contributed by atoms with Crippen molar-refractivity contribution in [2.24, 2.45) is 0 Å². The van der Waals surface area contributed by atoms with E-state index in [2.05, 4.69) is 25.9 Å². The van der Waals surface area contributed by atoms with E-state index in [1.165, 1.54) is 0 Å². The zero-order valence-corrected chi connectivity index (χ0v) is 12.4. The van der Waals surface area contributed by atoms with Crippen molar-refractivity contribution in [2.45, 2.75) is 5.16 Å². The van der Waals surface area contributed by atoms with E-state index in [1.54, 1.807) is 12.3 Å². The fraction of sp³-hybridized carbons (Fsp3) is 0.0833. The van der Waals surface area contributed by atoms with E-state index in [0.29, 0.717) is 6.07 Å². The average molecular weight is 358 g/mol. The van der Waals surface area contributed by atoms with Crippen LogP contribution in [0, 0.1) is 23.0 Å². The predicted molar refractivity (Wildman–Crippen MR) is 74.4 cm³/mol. The molecule has 0 atom stereocenters. The smallest absolute Gasteiger partial charge is 0.270 e. The van der Waals surface area contributed by atoms with E-state index >= 15 is 0 Å². The van der Waals surface area contributed by atoms with Crippen LogP contribution in [0.5, 0.6) is 0 Å². The van der Waals surface area contributed by atoms with Crippen molar-refractivity contribution in [3.8, 4) is 17.3 Å². The molecule has 8 heteroatoms. The molecule has 2 aromatic rings. The summed E-state index contributed by atoms with van der Waals surface area (Å²) in [4.78, 5) is 18.2. The summed E-state index contributed by atoms with van der Waals surface area (Å²) in [6, 6.07) is 3.41. The molecule has 0 amide bonds. The van der Waals surface area contributed by atoms with E-state index in [-0.39, 0.29) is 26.4 Å². The molecule has 20 heavy (non-hydrogen) atoms. The Morgan fingerprint density at radius 3 is 2.75 bits per heavy atom. The fourth-order valence-corrected chi connectivity index (χ4v) is 2.37. The molecule has 1 aromatic carbocycles. The molecule has 1 N–H and O–H groups in total. The summed E-state index contributed by atoms with van der Waals surface area (Å²) in [5, 5.41) is 9.28. The van der Waals surface area contributed by atoms with Gasteiger partial charge in [-0.3, -0.25) is 4.79 Å². The molecule has 2 rings (SSSR count). The van der Waals surface area contributed by atoms with Crippen LogP contribution < -0.4 is 5.56 Å². The van der Waals surface area contributed by atoms with Gasteiger partial charge in [-0.2, -0.15) is 5.26 Å². The van der Waals surface area contributed by atoms with Gasteiger partial charge in [-0.15, -0.1) is 0 Å². The maximum Gasteiger partial charge on any atom is 0.270 e. The summed E-state index contributed by atoms with van der Waals surface area (Å²) in [6.07, 6.45) is 1.68. The summed E-state index contributed by atoms with van der Waals surface area (Å²) < 4.78 is 26.9. The van der Waals surface area contributed by atoms with Gasteiger partial charge in [-0.1, -0.05) is 11.8 Å². The molecule has 0 aliphatic carbocycles. The van der Waals surface area contributed by atoms with Gasteiger partial charge in [0.05, 0.1) is 10.2 Å². The van der Waals surface area contributed by atoms with Crippen LogP contribution in [0.4, 0.5) is 8.78 Å². The minimum atomic E-state index is -0.836. The second-order valence-corrected chi connectivity index (χ2v) is 5.25. The minimum absolute atomic E-state index is 0.0143. The topological polar surface area (TPSA) is 69.5 Å². The summed E-state index contributed by atoms with van der Waals surface area (Å²) in [5.41, 5.74) is -1.00. The first kappa shape index (κ1) is 14.7. The van der Waals surface area contributed by atoms with Crippen molar-refractivity contribution in [3.05, 3.63) is 44.2 Å². The first-order valence-corrected chi connectivity index (χ1v) is 7.23. The summed E-state index contributed by atoms with van der Waals surface area (Å²) in [7, 11) is 0. The number of nitrogens with one attached hydrogen (secondary N) is 1. The van der Waals surface area contributed by atoms with Crippen molar-refractivity contribution < 1.29 is 8.78 Å². The zero-order chi connectivity index (χ0) is 14.9. The second kappa shape index (κ2) is 5.73. The first-order chi connectivity index (χ1) is 9.47. The molecule has 0 bridgehead atoms. The van der Waals surface area contributed by atoms with Gasteiger partial charge in [0, 0.05) is 11.6 Å². The molecular formula is C12H6BrF2N3OS. The van der Waals surface area contributed by atoms with E-state index < -0.39 is 17.2 Å². The first-order valence-electron chi connectivity index (χ1n) is 5.21. The highest BCUT2D eigenvalue weighted by Crippen LogP contribution is 2.31. The third-order valence-electron chi connectivity index (χ3n) is 2.45. The maximum absolute atomic E-state index is 13.6. The van der Waals surface area contributed by atoms with Crippen LogP contribution in [-0.2, 0) is 0 Å². The van der Waals surface area contributed by atoms with E-state index in [1.807, 2.05) is 0 Å². The Hall–Kier alpha value is -1.72. The van der Waals surface area contributed by atoms with Crippen LogP contribution in [0.25, 0.3) is 11.3 Å². The number of rotatable bonds is 2. The van der Waals surface area contributed by atoms with Crippen molar-refractivity contribution in [2.75, 3.05) is 6.26 Å². The lowest BCUT2D eigenvalue weighted by Crippen LogP contribution is -2.15. The number of nitrogens with zero attached hydrogens (tertiary/aromatic N) is 2. The lowest BCUT2D eigenvalue weighted by Gasteiger charge is -2.08. The Morgan fingerprint density at radius 1 is 1.45 bits per heavy atom. The number of hydrogen-bond donors (Lipinski definition) is 1. The fourth-order valence-electron chi connectivity index (χ4n) is 1.58. The van der Waals surface area contributed by atoms with Crippen LogP contribution in [0.3, 0.4) is 0 Å². The number of aromatic nitrogens is 2. The van der Waals surface area contributed by atoms with Crippen LogP contribution in [-0.4, -0.2) is 16.2 Å². The molecule has 1 heterocycles. The molecule has 0 saturated heterocycles. The molecular weight excluding hydrogens is 352 g/mol. The maximum atomic E-state index is 13.6. The molecule has 4 nitrogen and oxygen atoms in total. The standard InChI is InChI=1S/C12H6BrF2N3OS/c1-20-12-17-10(7(4-16)11(19)18-12)6-2-5(14)3-8(15)9(6)13/h2-3H,1H3,(H,17,18,19). The number of H-pyrrole nitrogens is 1. The Bertz CT molecular complexity index is 785. The lowest BCUT2D eigenvalue weighted by molar-refractivity contribution is 0.579. The van der Waals surface area contributed by atoms with E-state index in [0.717, 1.165) is 17.8 Å². The van der Waals surface area contributed by atoms with Crippen LogP contribution in [0.15, 0.2) is 26.6 Å². The zero-order valence-electron chi connectivity index (χ0n) is 10.00. The van der Waals surface area contributed by atoms with Gasteiger partial charge in [0.2, 0.25) is 0 Å². The van der Waals surface area contributed by atoms with Gasteiger partial charge in [-0.05, 0) is 28.3 Å². The van der Waals surface area contributed by atoms with Gasteiger partial charge >= 0.3 is 0 Å². The second-order valence-electron chi connectivity index (χ2n) is 3.66. The Morgan fingerprint density at radius 2 is 2.15 bits per heavy atom. The molecule has 0 radical (unpaired) electrons. The summed E-state index contributed by atoms with van der Waals surface area (Å²) >= 11 is 4.12. The quantitative estimate of drug-likeness (QED) is 0.509. The number of benzene rings is 1. The molecule has 0 aliphatic heterocycles. The van der Waals surface area contributed by atoms with Gasteiger partial charge < -0.3 is 4.98 Å². The number of hydrogen-bond acceptors (Lipinski definition) is 4. The van der Waals surface area contributed by atoms with Crippen molar-refractivity contribution in [3.63, 3.8) is 0 Å². The molecule has 0 aliphatic rings.